The van der Waals surface area contributed by atoms with Gasteiger partial charge in [0.1, 0.15) is 0 Å². The quantitative estimate of drug-likeness (QED) is 0.564. The summed E-state index contributed by atoms with van der Waals surface area (Å²) in [6.45, 7) is 9.99. The summed E-state index contributed by atoms with van der Waals surface area (Å²) in [5, 5.41) is 11.9. The molecule has 1 aromatic rings. The van der Waals surface area contributed by atoms with Crippen molar-refractivity contribution in [1.82, 2.24) is 20.5 Å². The van der Waals surface area contributed by atoms with Gasteiger partial charge in [-0.25, -0.2) is 4.79 Å². The third-order valence-electron chi connectivity index (χ3n) is 4.29. The van der Waals surface area contributed by atoms with Crippen LogP contribution in [0.25, 0.3) is 5.70 Å². The van der Waals surface area contributed by atoms with E-state index in [2.05, 4.69) is 27.8 Å². The minimum Gasteiger partial charge on any atom is -0.348 e. The zero-order valence-corrected chi connectivity index (χ0v) is 15.6. The van der Waals surface area contributed by atoms with Gasteiger partial charge in [-0.3, -0.25) is 4.79 Å². The Morgan fingerprint density at radius 2 is 2.23 bits per heavy atom. The van der Waals surface area contributed by atoms with E-state index in [1.54, 1.807) is 23.0 Å². The van der Waals surface area contributed by atoms with Crippen LogP contribution in [0.4, 0.5) is 10.5 Å². The van der Waals surface area contributed by atoms with Gasteiger partial charge in [0, 0.05) is 37.2 Å². The minimum atomic E-state index is -0.321. The van der Waals surface area contributed by atoms with Gasteiger partial charge in [-0.2, -0.15) is 0 Å². The van der Waals surface area contributed by atoms with Gasteiger partial charge < -0.3 is 25.8 Å². The standard InChI is InChI=1S/C19H29N5O2/c1-4-9-21-19(26)23-17-13-24(15(5-2)6-3)12-16(17)18(25)22-14-8-7-10-20-11-14/h5-6,12-14,20H,2,4,7-11H2,1,3H3,(H,22,25)(H2,21,23,26)/b15-6+/t14-/m0/s1. The third kappa shape index (κ3) is 5.23. The van der Waals surface area contributed by atoms with Crippen molar-refractivity contribution in [3.8, 4) is 0 Å². The van der Waals surface area contributed by atoms with Crippen LogP contribution in [0, 0.1) is 0 Å². The molecule has 0 unspecified atom stereocenters. The summed E-state index contributed by atoms with van der Waals surface area (Å²) in [5.74, 6) is -0.192. The number of amides is 3. The number of hydrogen-bond donors (Lipinski definition) is 4. The van der Waals surface area contributed by atoms with Gasteiger partial charge in [0.2, 0.25) is 0 Å². The van der Waals surface area contributed by atoms with Crippen molar-refractivity contribution in [3.05, 3.63) is 36.7 Å². The topological polar surface area (TPSA) is 87.2 Å². The first-order valence-corrected chi connectivity index (χ1v) is 9.16. The number of hydrogen-bond acceptors (Lipinski definition) is 3. The van der Waals surface area contributed by atoms with Crippen molar-refractivity contribution < 1.29 is 9.59 Å². The average molecular weight is 359 g/mol. The Labute approximate surface area is 154 Å². The lowest BCUT2D eigenvalue weighted by molar-refractivity contribution is 0.0931. The molecule has 1 saturated heterocycles. The van der Waals surface area contributed by atoms with E-state index in [-0.39, 0.29) is 18.0 Å². The first-order valence-electron chi connectivity index (χ1n) is 9.16. The fourth-order valence-electron chi connectivity index (χ4n) is 2.90. The SMILES string of the molecule is C=C/C(=C\C)n1cc(NC(=O)NCCC)c(C(=O)N[C@H]2CCCNC2)c1. The van der Waals surface area contributed by atoms with E-state index in [0.29, 0.717) is 17.8 Å². The molecule has 1 atom stereocenters. The molecule has 142 valence electrons. The van der Waals surface area contributed by atoms with Crippen LogP contribution in [0.2, 0.25) is 0 Å². The van der Waals surface area contributed by atoms with E-state index in [4.69, 9.17) is 0 Å². The second-order valence-corrected chi connectivity index (χ2v) is 6.31. The highest BCUT2D eigenvalue weighted by molar-refractivity contribution is 6.04. The minimum absolute atomic E-state index is 0.0990. The molecule has 0 aliphatic carbocycles. The van der Waals surface area contributed by atoms with Crippen LogP contribution in [0.5, 0.6) is 0 Å². The Kier molecular flexibility index (Phi) is 7.47. The Balaban J connectivity index is 2.21. The molecule has 7 heteroatoms. The third-order valence-corrected chi connectivity index (χ3v) is 4.29. The Morgan fingerprint density at radius 3 is 2.85 bits per heavy atom. The largest absolute Gasteiger partial charge is 0.348 e. The van der Waals surface area contributed by atoms with E-state index in [0.717, 1.165) is 38.0 Å². The molecule has 2 rings (SSSR count). The van der Waals surface area contributed by atoms with Crippen LogP contribution in [0.1, 0.15) is 43.5 Å². The lowest BCUT2D eigenvalue weighted by atomic mass is 10.1. The van der Waals surface area contributed by atoms with Crippen LogP contribution in [0.3, 0.4) is 0 Å². The van der Waals surface area contributed by atoms with Gasteiger partial charge >= 0.3 is 6.03 Å². The van der Waals surface area contributed by atoms with E-state index in [1.807, 2.05) is 19.9 Å². The van der Waals surface area contributed by atoms with Gasteiger partial charge in [0.05, 0.1) is 11.3 Å². The summed E-state index contributed by atoms with van der Waals surface area (Å²) >= 11 is 0. The van der Waals surface area contributed by atoms with Gasteiger partial charge in [-0.05, 0) is 38.8 Å². The molecule has 1 aromatic heterocycles. The number of carbonyl (C=O) groups excluding carboxylic acids is 2. The number of anilines is 1. The van der Waals surface area contributed by atoms with Crippen molar-refractivity contribution in [2.45, 2.75) is 39.2 Å². The molecule has 0 spiro atoms. The number of urea groups is 1. The summed E-state index contributed by atoms with van der Waals surface area (Å²) in [6.07, 6.45) is 9.88. The molecule has 1 aliphatic rings. The monoisotopic (exact) mass is 359 g/mol. The number of rotatable bonds is 7. The van der Waals surface area contributed by atoms with E-state index in [9.17, 15) is 9.59 Å². The maximum absolute atomic E-state index is 12.8. The highest BCUT2D eigenvalue weighted by Crippen LogP contribution is 2.21. The molecule has 7 nitrogen and oxygen atoms in total. The first-order chi connectivity index (χ1) is 12.6. The Hall–Kier alpha value is -2.54. The predicted octanol–water partition coefficient (Wildman–Crippen LogP) is 2.55. The first kappa shape index (κ1) is 19.8. The second kappa shape index (κ2) is 9.82. The molecular weight excluding hydrogens is 330 g/mol. The molecular formula is C19H29N5O2. The zero-order valence-electron chi connectivity index (χ0n) is 15.6. The van der Waals surface area contributed by atoms with Crippen LogP contribution < -0.4 is 21.3 Å². The highest BCUT2D eigenvalue weighted by Gasteiger charge is 2.21. The smallest absolute Gasteiger partial charge is 0.319 e. The van der Waals surface area contributed by atoms with Crippen LogP contribution >= 0.6 is 0 Å². The van der Waals surface area contributed by atoms with Crippen LogP contribution in [-0.2, 0) is 0 Å². The summed E-state index contributed by atoms with van der Waals surface area (Å²) in [4.78, 5) is 24.8. The lowest BCUT2D eigenvalue weighted by Crippen LogP contribution is -2.45. The van der Waals surface area contributed by atoms with Crippen molar-refractivity contribution in [1.29, 1.82) is 0 Å². The molecule has 1 aliphatic heterocycles. The number of carbonyl (C=O) groups is 2. The predicted molar refractivity (Wildman–Crippen MR) is 105 cm³/mol. The zero-order chi connectivity index (χ0) is 18.9. The number of nitrogens with zero attached hydrogens (tertiary/aromatic N) is 1. The number of allylic oxidation sites excluding steroid dienone is 3. The fourth-order valence-corrected chi connectivity index (χ4v) is 2.90. The maximum Gasteiger partial charge on any atom is 0.319 e. The molecule has 4 N–H and O–H groups in total. The molecule has 2 heterocycles. The van der Waals surface area contributed by atoms with Crippen molar-refractivity contribution >= 4 is 23.3 Å². The number of piperidine rings is 1. The number of nitrogens with one attached hydrogen (secondary N) is 4. The summed E-state index contributed by atoms with van der Waals surface area (Å²) in [5.41, 5.74) is 1.74. The fraction of sp³-hybridized carbons (Fsp3) is 0.474. The molecule has 26 heavy (non-hydrogen) atoms. The van der Waals surface area contributed by atoms with Crippen LogP contribution in [-0.4, -0.2) is 42.2 Å². The van der Waals surface area contributed by atoms with Gasteiger partial charge in [-0.15, -0.1) is 0 Å². The van der Waals surface area contributed by atoms with Crippen molar-refractivity contribution in [2.75, 3.05) is 25.0 Å². The summed E-state index contributed by atoms with van der Waals surface area (Å²) < 4.78 is 1.79. The van der Waals surface area contributed by atoms with Gasteiger partial charge in [-0.1, -0.05) is 19.6 Å². The molecule has 0 bridgehead atoms. The molecule has 0 saturated carbocycles. The van der Waals surface area contributed by atoms with Gasteiger partial charge in [0.15, 0.2) is 0 Å². The molecule has 3 amide bonds. The van der Waals surface area contributed by atoms with E-state index in [1.165, 1.54) is 0 Å². The Morgan fingerprint density at radius 1 is 1.42 bits per heavy atom. The van der Waals surface area contributed by atoms with Crippen LogP contribution in [0.15, 0.2) is 31.1 Å². The van der Waals surface area contributed by atoms with Crippen molar-refractivity contribution in [3.63, 3.8) is 0 Å². The van der Waals surface area contributed by atoms with Crippen molar-refractivity contribution in [2.24, 2.45) is 0 Å². The molecule has 1 fully saturated rings. The number of aromatic nitrogens is 1. The highest BCUT2D eigenvalue weighted by atomic mass is 16.2. The lowest BCUT2D eigenvalue weighted by Gasteiger charge is -2.23. The Bertz CT molecular complexity index is 671. The maximum atomic E-state index is 12.8. The van der Waals surface area contributed by atoms with E-state index < -0.39 is 0 Å². The van der Waals surface area contributed by atoms with E-state index >= 15 is 0 Å². The average Bonchev–Trinajstić information content (AvgIpc) is 3.05. The van der Waals surface area contributed by atoms with Gasteiger partial charge in [0.25, 0.3) is 5.91 Å². The summed E-state index contributed by atoms with van der Waals surface area (Å²) in [7, 11) is 0. The normalized spacial score (nSPS) is 17.5. The summed E-state index contributed by atoms with van der Waals surface area (Å²) in [6, 6.07) is -0.222. The second-order valence-electron chi connectivity index (χ2n) is 6.31. The molecule has 0 radical (unpaired) electrons. The molecule has 0 aromatic carbocycles.